The molecule has 0 amide bonds. The summed E-state index contributed by atoms with van der Waals surface area (Å²) in [5.74, 6) is 2.67. The first-order valence-electron chi connectivity index (χ1n) is 11.1. The molecule has 2 aromatic rings. The first-order chi connectivity index (χ1) is 15.2. The summed E-state index contributed by atoms with van der Waals surface area (Å²) in [6, 6.07) is 8.61. The van der Waals surface area contributed by atoms with E-state index in [9.17, 15) is 0 Å². The second-order valence-corrected chi connectivity index (χ2v) is 7.61. The molecule has 2 heterocycles. The Balaban J connectivity index is 1.67. The van der Waals surface area contributed by atoms with Gasteiger partial charge in [-0.2, -0.15) is 0 Å². The lowest BCUT2D eigenvalue weighted by Gasteiger charge is -2.27. The largest absolute Gasteiger partial charge is 0.497 e. The number of ether oxygens (including phenoxy) is 1. The summed E-state index contributed by atoms with van der Waals surface area (Å²) in [7, 11) is 1.70. The minimum absolute atomic E-state index is 0.250. The molecule has 1 atom stereocenters. The molecule has 0 saturated carbocycles. The standard InChI is InChI=1S/C23H35N7O/c1-4-12-24-23(25-13-16-30-18-27-28-22(30)5-2)26-17-21(29-14-6-7-15-29)19-8-10-20(31-3)11-9-19/h4,8-11,18,21H,1,5-7,12-17H2,2-3H3,(H2,24,25,26). The van der Waals surface area contributed by atoms with E-state index in [0.29, 0.717) is 13.1 Å². The molecule has 1 aromatic carbocycles. The number of rotatable bonds is 11. The van der Waals surface area contributed by atoms with Crippen molar-refractivity contribution < 1.29 is 4.74 Å². The molecule has 0 radical (unpaired) electrons. The third kappa shape index (κ3) is 6.55. The number of hydrogen-bond donors (Lipinski definition) is 2. The lowest BCUT2D eigenvalue weighted by Crippen LogP contribution is -2.40. The van der Waals surface area contributed by atoms with E-state index >= 15 is 0 Å². The predicted molar refractivity (Wildman–Crippen MR) is 124 cm³/mol. The zero-order valence-corrected chi connectivity index (χ0v) is 18.8. The summed E-state index contributed by atoms with van der Waals surface area (Å²) in [6.45, 7) is 11.0. The molecule has 0 bridgehead atoms. The van der Waals surface area contributed by atoms with E-state index in [2.05, 4.69) is 55.9 Å². The van der Waals surface area contributed by atoms with Gasteiger partial charge in [0.2, 0.25) is 0 Å². The van der Waals surface area contributed by atoms with Crippen LogP contribution >= 0.6 is 0 Å². The van der Waals surface area contributed by atoms with Crippen molar-refractivity contribution >= 4 is 5.96 Å². The highest BCUT2D eigenvalue weighted by atomic mass is 16.5. The van der Waals surface area contributed by atoms with E-state index in [1.807, 2.05) is 18.2 Å². The summed E-state index contributed by atoms with van der Waals surface area (Å²) >= 11 is 0. The van der Waals surface area contributed by atoms with Crippen molar-refractivity contribution in [2.45, 2.75) is 38.8 Å². The quantitative estimate of drug-likeness (QED) is 0.327. The van der Waals surface area contributed by atoms with Crippen molar-refractivity contribution in [3.8, 4) is 5.75 Å². The maximum absolute atomic E-state index is 5.33. The summed E-state index contributed by atoms with van der Waals surface area (Å²) in [5.41, 5.74) is 1.27. The maximum atomic E-state index is 5.33. The Bertz CT molecular complexity index is 825. The molecule has 0 aliphatic carbocycles. The summed E-state index contributed by atoms with van der Waals surface area (Å²) in [4.78, 5) is 7.45. The van der Waals surface area contributed by atoms with Gasteiger partial charge in [0.05, 0.1) is 19.7 Å². The van der Waals surface area contributed by atoms with Crippen LogP contribution in [-0.2, 0) is 13.0 Å². The van der Waals surface area contributed by atoms with Gasteiger partial charge >= 0.3 is 0 Å². The van der Waals surface area contributed by atoms with Crippen LogP contribution < -0.4 is 15.4 Å². The van der Waals surface area contributed by atoms with Crippen LogP contribution in [0.15, 0.2) is 48.2 Å². The van der Waals surface area contributed by atoms with Gasteiger partial charge in [-0.1, -0.05) is 25.1 Å². The Morgan fingerprint density at radius 1 is 1.26 bits per heavy atom. The highest BCUT2D eigenvalue weighted by molar-refractivity contribution is 5.79. The number of methoxy groups -OCH3 is 1. The molecular weight excluding hydrogens is 390 g/mol. The van der Waals surface area contributed by atoms with E-state index in [1.54, 1.807) is 13.4 Å². The molecule has 8 heteroatoms. The lowest BCUT2D eigenvalue weighted by atomic mass is 10.1. The summed E-state index contributed by atoms with van der Waals surface area (Å²) < 4.78 is 7.40. The molecule has 1 aliphatic heterocycles. The van der Waals surface area contributed by atoms with Crippen LogP contribution in [0.2, 0.25) is 0 Å². The number of aromatic nitrogens is 3. The van der Waals surface area contributed by atoms with Crippen molar-refractivity contribution in [1.29, 1.82) is 0 Å². The highest BCUT2D eigenvalue weighted by Crippen LogP contribution is 2.27. The molecule has 168 valence electrons. The van der Waals surface area contributed by atoms with Gasteiger partial charge in [-0.3, -0.25) is 9.89 Å². The molecule has 1 aliphatic rings. The fraction of sp³-hybridized carbons (Fsp3) is 0.522. The predicted octanol–water partition coefficient (Wildman–Crippen LogP) is 2.41. The molecule has 2 N–H and O–H groups in total. The molecule has 1 aromatic heterocycles. The van der Waals surface area contributed by atoms with Gasteiger partial charge in [0.25, 0.3) is 0 Å². The number of nitrogens with one attached hydrogen (secondary N) is 2. The number of hydrogen-bond acceptors (Lipinski definition) is 5. The van der Waals surface area contributed by atoms with Gasteiger partial charge in [-0.25, -0.2) is 0 Å². The molecule has 1 unspecified atom stereocenters. The number of guanidine groups is 1. The highest BCUT2D eigenvalue weighted by Gasteiger charge is 2.23. The molecule has 1 saturated heterocycles. The third-order valence-corrected chi connectivity index (χ3v) is 5.58. The Morgan fingerprint density at radius 3 is 2.71 bits per heavy atom. The van der Waals surface area contributed by atoms with E-state index in [0.717, 1.165) is 50.1 Å². The first kappa shape index (κ1) is 22.8. The SMILES string of the molecule is C=CCNC(=NCC(c1ccc(OC)cc1)N1CCCC1)NCCn1cnnc1CC. The second kappa shape index (κ2) is 12.1. The van der Waals surface area contributed by atoms with Crippen LogP contribution in [0.3, 0.4) is 0 Å². The number of benzene rings is 1. The van der Waals surface area contributed by atoms with Gasteiger partial charge in [0.1, 0.15) is 17.9 Å². The Morgan fingerprint density at radius 2 is 2.03 bits per heavy atom. The lowest BCUT2D eigenvalue weighted by molar-refractivity contribution is 0.251. The van der Waals surface area contributed by atoms with Crippen molar-refractivity contribution in [3.63, 3.8) is 0 Å². The Hall–Kier alpha value is -2.87. The fourth-order valence-corrected chi connectivity index (χ4v) is 3.87. The maximum Gasteiger partial charge on any atom is 0.191 e. The number of aryl methyl sites for hydroxylation is 1. The molecular formula is C23H35N7O. The zero-order chi connectivity index (χ0) is 21.9. The molecule has 31 heavy (non-hydrogen) atoms. The minimum atomic E-state index is 0.250. The van der Waals surface area contributed by atoms with Crippen LogP contribution in [0.4, 0.5) is 0 Å². The zero-order valence-electron chi connectivity index (χ0n) is 18.8. The number of likely N-dealkylation sites (tertiary alicyclic amines) is 1. The molecule has 3 rings (SSSR count). The van der Waals surface area contributed by atoms with Gasteiger partial charge in [-0.15, -0.1) is 16.8 Å². The van der Waals surface area contributed by atoms with E-state index in [1.165, 1.54) is 18.4 Å². The van der Waals surface area contributed by atoms with E-state index in [4.69, 9.17) is 9.73 Å². The topological polar surface area (TPSA) is 79.6 Å². The first-order valence-corrected chi connectivity index (χ1v) is 11.1. The van der Waals surface area contributed by atoms with Gasteiger partial charge in [0, 0.05) is 26.1 Å². The van der Waals surface area contributed by atoms with Crippen LogP contribution in [0.5, 0.6) is 5.75 Å². The van der Waals surface area contributed by atoms with Crippen molar-refractivity contribution in [3.05, 3.63) is 54.6 Å². The monoisotopic (exact) mass is 425 g/mol. The van der Waals surface area contributed by atoms with Gasteiger partial charge < -0.3 is 19.9 Å². The van der Waals surface area contributed by atoms with Gasteiger partial charge in [0.15, 0.2) is 5.96 Å². The average molecular weight is 426 g/mol. The van der Waals surface area contributed by atoms with Crippen LogP contribution in [0, 0.1) is 0 Å². The molecule has 1 fully saturated rings. The normalized spacial score (nSPS) is 15.6. The van der Waals surface area contributed by atoms with E-state index < -0.39 is 0 Å². The fourth-order valence-electron chi connectivity index (χ4n) is 3.87. The Labute approximate surface area is 185 Å². The molecule has 0 spiro atoms. The van der Waals surface area contributed by atoms with Crippen molar-refractivity contribution in [1.82, 2.24) is 30.3 Å². The van der Waals surface area contributed by atoms with Crippen molar-refractivity contribution in [2.24, 2.45) is 4.99 Å². The minimum Gasteiger partial charge on any atom is -0.497 e. The van der Waals surface area contributed by atoms with Gasteiger partial charge in [-0.05, 0) is 43.6 Å². The smallest absolute Gasteiger partial charge is 0.191 e. The average Bonchev–Trinajstić information content (AvgIpc) is 3.49. The number of aliphatic imine (C=N–C) groups is 1. The van der Waals surface area contributed by atoms with E-state index in [-0.39, 0.29) is 6.04 Å². The van der Waals surface area contributed by atoms with Crippen LogP contribution in [-0.4, -0.2) is 65.5 Å². The van der Waals surface area contributed by atoms with Crippen LogP contribution in [0.1, 0.15) is 37.2 Å². The van der Waals surface area contributed by atoms with Crippen molar-refractivity contribution in [2.75, 3.05) is 39.8 Å². The summed E-state index contributed by atoms with van der Waals surface area (Å²) in [6.07, 6.45) is 6.98. The number of nitrogens with zero attached hydrogens (tertiary/aromatic N) is 5. The second-order valence-electron chi connectivity index (χ2n) is 7.61. The van der Waals surface area contributed by atoms with Crippen LogP contribution in [0.25, 0.3) is 0 Å². The Kier molecular flexibility index (Phi) is 8.90. The third-order valence-electron chi connectivity index (χ3n) is 5.58. The summed E-state index contributed by atoms with van der Waals surface area (Å²) in [5, 5.41) is 14.9. The molecule has 8 nitrogen and oxygen atoms in total.